The summed E-state index contributed by atoms with van der Waals surface area (Å²) in [6.07, 6.45) is 4.35. The lowest BCUT2D eigenvalue weighted by molar-refractivity contribution is 0.102. The summed E-state index contributed by atoms with van der Waals surface area (Å²) in [5.74, 6) is -0.172. The summed E-state index contributed by atoms with van der Waals surface area (Å²) in [6, 6.07) is 1.32. The molecular formula is C9H5Cl2N5O. The van der Waals surface area contributed by atoms with E-state index in [2.05, 4.69) is 25.5 Å². The third-order valence-electron chi connectivity index (χ3n) is 1.77. The van der Waals surface area contributed by atoms with Gasteiger partial charge in [0.1, 0.15) is 0 Å². The molecule has 1 amide bonds. The number of anilines is 1. The Labute approximate surface area is 106 Å². The number of nitrogens with zero attached hydrogens (tertiary/aromatic N) is 4. The predicted molar refractivity (Wildman–Crippen MR) is 62.0 cm³/mol. The van der Waals surface area contributed by atoms with Gasteiger partial charge in [-0.05, 0) is 6.07 Å². The van der Waals surface area contributed by atoms with Gasteiger partial charge in [-0.1, -0.05) is 23.2 Å². The van der Waals surface area contributed by atoms with Gasteiger partial charge in [-0.25, -0.2) is 4.98 Å². The van der Waals surface area contributed by atoms with Crippen molar-refractivity contribution in [3.05, 3.63) is 40.5 Å². The molecule has 0 atom stereocenters. The second kappa shape index (κ2) is 5.03. The van der Waals surface area contributed by atoms with Gasteiger partial charge in [0.15, 0.2) is 16.1 Å². The second-order valence-electron chi connectivity index (χ2n) is 2.92. The van der Waals surface area contributed by atoms with Gasteiger partial charge in [0.05, 0.1) is 11.8 Å². The van der Waals surface area contributed by atoms with Crippen molar-refractivity contribution in [3.8, 4) is 0 Å². The first-order valence-corrected chi connectivity index (χ1v) is 5.18. The van der Waals surface area contributed by atoms with Crippen molar-refractivity contribution < 1.29 is 4.79 Å². The van der Waals surface area contributed by atoms with E-state index in [1.807, 2.05) is 0 Å². The van der Waals surface area contributed by atoms with E-state index in [1.54, 1.807) is 0 Å². The van der Waals surface area contributed by atoms with E-state index >= 15 is 0 Å². The molecule has 2 aromatic rings. The Kier molecular flexibility index (Phi) is 3.46. The van der Waals surface area contributed by atoms with Crippen molar-refractivity contribution in [2.24, 2.45) is 0 Å². The average molecular weight is 270 g/mol. The van der Waals surface area contributed by atoms with Crippen molar-refractivity contribution in [1.82, 2.24) is 20.2 Å². The molecule has 0 aromatic carbocycles. The molecule has 0 saturated heterocycles. The van der Waals surface area contributed by atoms with Gasteiger partial charge in [0, 0.05) is 12.4 Å². The van der Waals surface area contributed by atoms with Crippen LogP contribution in [0, 0.1) is 0 Å². The number of carbonyl (C=O) groups excluding carboxylic acids is 1. The fourth-order valence-corrected chi connectivity index (χ4v) is 1.38. The Balaban J connectivity index is 2.23. The molecule has 0 aliphatic carbocycles. The van der Waals surface area contributed by atoms with Crippen LogP contribution in [0.2, 0.25) is 10.3 Å². The predicted octanol–water partition coefficient (Wildman–Crippen LogP) is 1.83. The van der Waals surface area contributed by atoms with Crippen molar-refractivity contribution in [2.45, 2.75) is 0 Å². The third kappa shape index (κ3) is 2.86. The first-order chi connectivity index (χ1) is 8.16. The molecule has 0 spiro atoms. The van der Waals surface area contributed by atoms with Crippen LogP contribution in [0.1, 0.15) is 10.4 Å². The molecule has 86 valence electrons. The lowest BCUT2D eigenvalue weighted by Crippen LogP contribution is -2.14. The lowest BCUT2D eigenvalue weighted by atomic mass is 10.3. The van der Waals surface area contributed by atoms with E-state index in [9.17, 15) is 4.79 Å². The van der Waals surface area contributed by atoms with Crippen molar-refractivity contribution in [1.29, 1.82) is 0 Å². The van der Waals surface area contributed by atoms with Gasteiger partial charge < -0.3 is 5.32 Å². The summed E-state index contributed by atoms with van der Waals surface area (Å²) in [7, 11) is 0. The normalized spacial score (nSPS) is 10.0. The van der Waals surface area contributed by atoms with Crippen LogP contribution in [0.3, 0.4) is 0 Å². The van der Waals surface area contributed by atoms with Crippen molar-refractivity contribution in [2.75, 3.05) is 5.32 Å². The molecular weight excluding hydrogens is 265 g/mol. The maximum absolute atomic E-state index is 11.8. The summed E-state index contributed by atoms with van der Waals surface area (Å²) < 4.78 is 0. The number of hydrogen-bond donors (Lipinski definition) is 1. The molecule has 0 fully saturated rings. The Morgan fingerprint density at radius 3 is 2.76 bits per heavy atom. The van der Waals surface area contributed by atoms with Crippen molar-refractivity contribution in [3.63, 3.8) is 0 Å². The monoisotopic (exact) mass is 269 g/mol. The number of rotatable bonds is 2. The van der Waals surface area contributed by atoms with Gasteiger partial charge in [-0.3, -0.25) is 9.78 Å². The summed E-state index contributed by atoms with van der Waals surface area (Å²) in [4.78, 5) is 19.5. The highest BCUT2D eigenvalue weighted by molar-refractivity contribution is 6.34. The Hall–Kier alpha value is -1.79. The van der Waals surface area contributed by atoms with Crippen LogP contribution >= 0.6 is 23.2 Å². The molecule has 0 aliphatic heterocycles. The fraction of sp³-hybridized carbons (Fsp3) is 0. The summed E-state index contributed by atoms with van der Waals surface area (Å²) in [6.45, 7) is 0. The highest BCUT2D eigenvalue weighted by Gasteiger charge is 2.13. The van der Waals surface area contributed by atoms with Crippen LogP contribution < -0.4 is 5.32 Å². The van der Waals surface area contributed by atoms with E-state index < -0.39 is 5.91 Å². The maximum Gasteiger partial charge on any atom is 0.260 e. The number of halogens is 2. The minimum Gasteiger partial charge on any atom is -0.305 e. The summed E-state index contributed by atoms with van der Waals surface area (Å²) in [5, 5.41) is 9.59. The minimum atomic E-state index is -0.479. The number of aromatic nitrogens is 4. The fourth-order valence-electron chi connectivity index (χ4n) is 1.06. The number of nitrogens with one attached hydrogen (secondary N) is 1. The first kappa shape index (κ1) is 11.7. The van der Waals surface area contributed by atoms with Crippen LogP contribution in [0.15, 0.2) is 24.7 Å². The molecule has 2 heterocycles. The van der Waals surface area contributed by atoms with Gasteiger partial charge >= 0.3 is 0 Å². The molecule has 0 aliphatic rings. The van der Waals surface area contributed by atoms with Crippen LogP contribution in [-0.2, 0) is 0 Å². The van der Waals surface area contributed by atoms with Crippen LogP contribution in [0.25, 0.3) is 0 Å². The largest absolute Gasteiger partial charge is 0.305 e. The molecule has 1 N–H and O–H groups in total. The van der Waals surface area contributed by atoms with Gasteiger partial charge in [0.2, 0.25) is 0 Å². The van der Waals surface area contributed by atoms with E-state index in [1.165, 1.54) is 24.7 Å². The zero-order valence-electron chi connectivity index (χ0n) is 8.26. The average Bonchev–Trinajstić information content (AvgIpc) is 2.33. The Morgan fingerprint density at radius 1 is 1.24 bits per heavy atom. The van der Waals surface area contributed by atoms with Crippen LogP contribution in [-0.4, -0.2) is 26.1 Å². The zero-order chi connectivity index (χ0) is 12.3. The molecule has 17 heavy (non-hydrogen) atoms. The molecule has 0 saturated carbocycles. The highest BCUT2D eigenvalue weighted by atomic mass is 35.5. The SMILES string of the molecule is O=C(Nc1cnccn1)c1cc(Cl)nnc1Cl. The standard InChI is InChI=1S/C9H5Cl2N5O/c10-6-3-5(8(11)16-15-6)9(17)14-7-4-12-1-2-13-7/h1-4H,(H,13,14,17). The van der Waals surface area contributed by atoms with Crippen molar-refractivity contribution >= 4 is 34.9 Å². The van der Waals surface area contributed by atoms with Crippen LogP contribution in [0.5, 0.6) is 0 Å². The lowest BCUT2D eigenvalue weighted by Gasteiger charge is -2.04. The summed E-state index contributed by atoms with van der Waals surface area (Å²) in [5.41, 5.74) is 0.123. The van der Waals surface area contributed by atoms with Crippen LogP contribution in [0.4, 0.5) is 5.82 Å². The number of carbonyl (C=O) groups is 1. The van der Waals surface area contributed by atoms with E-state index in [0.717, 1.165) is 0 Å². The number of amides is 1. The zero-order valence-corrected chi connectivity index (χ0v) is 9.77. The molecule has 8 heteroatoms. The highest BCUT2D eigenvalue weighted by Crippen LogP contribution is 2.16. The Bertz CT molecular complexity index is 548. The van der Waals surface area contributed by atoms with E-state index in [4.69, 9.17) is 23.2 Å². The van der Waals surface area contributed by atoms with Gasteiger partial charge in [-0.15, -0.1) is 10.2 Å². The second-order valence-corrected chi connectivity index (χ2v) is 3.66. The Morgan fingerprint density at radius 2 is 2.06 bits per heavy atom. The molecule has 0 radical (unpaired) electrons. The number of hydrogen-bond acceptors (Lipinski definition) is 5. The molecule has 0 unspecified atom stereocenters. The molecule has 2 rings (SSSR count). The van der Waals surface area contributed by atoms with Gasteiger partial charge in [-0.2, -0.15) is 0 Å². The quantitative estimate of drug-likeness (QED) is 0.900. The maximum atomic E-state index is 11.8. The van der Waals surface area contributed by atoms with Gasteiger partial charge in [0.25, 0.3) is 5.91 Å². The molecule has 6 nitrogen and oxygen atoms in total. The molecule has 0 bridgehead atoms. The topological polar surface area (TPSA) is 80.7 Å². The smallest absolute Gasteiger partial charge is 0.260 e. The van der Waals surface area contributed by atoms with E-state index in [0.29, 0.717) is 5.82 Å². The third-order valence-corrected chi connectivity index (χ3v) is 2.23. The summed E-state index contributed by atoms with van der Waals surface area (Å²) >= 11 is 11.4. The molecule has 2 aromatic heterocycles. The first-order valence-electron chi connectivity index (χ1n) is 4.43. The van der Waals surface area contributed by atoms with E-state index in [-0.39, 0.29) is 15.9 Å². The minimum absolute atomic E-state index is 0.0317.